The highest BCUT2D eigenvalue weighted by Crippen LogP contribution is 2.37. The molecule has 1 aliphatic heterocycles. The molecule has 1 aromatic carbocycles. The van der Waals surface area contributed by atoms with E-state index in [4.69, 9.17) is 14.2 Å². The van der Waals surface area contributed by atoms with Gasteiger partial charge in [-0.1, -0.05) is 0 Å². The molecule has 1 N–H and O–H groups in total. The third-order valence-corrected chi connectivity index (χ3v) is 3.96. The summed E-state index contributed by atoms with van der Waals surface area (Å²) in [6, 6.07) is 4.09. The summed E-state index contributed by atoms with van der Waals surface area (Å²) in [6.07, 6.45) is 2.80. The predicted octanol–water partition coefficient (Wildman–Crippen LogP) is 3.51. The fraction of sp³-hybridized carbons (Fsp3) is 0.625. The molecule has 1 saturated heterocycles. The average Bonchev–Trinajstić information content (AvgIpc) is 2.94. The van der Waals surface area contributed by atoms with Crippen molar-refractivity contribution >= 4 is 15.9 Å². The van der Waals surface area contributed by atoms with Gasteiger partial charge in [-0.2, -0.15) is 0 Å². The van der Waals surface area contributed by atoms with Crippen molar-refractivity contribution in [3.63, 3.8) is 0 Å². The van der Waals surface area contributed by atoms with Crippen LogP contribution in [-0.4, -0.2) is 32.5 Å². The summed E-state index contributed by atoms with van der Waals surface area (Å²) in [5, 5.41) is 3.44. The molecule has 4 nitrogen and oxygen atoms in total. The standard InChI is InChI=1S/C16H24BrNO3/c1-11(2)21-16-14(17)7-12(8-15(16)19-3)9-18-10-13-5-4-6-20-13/h7-8,11,13,18H,4-6,9-10H2,1-3H3/t13-/m0/s1. The molecule has 118 valence electrons. The van der Waals surface area contributed by atoms with Crippen LogP contribution in [0.2, 0.25) is 0 Å². The van der Waals surface area contributed by atoms with Gasteiger partial charge in [-0.25, -0.2) is 0 Å². The van der Waals surface area contributed by atoms with Crippen LogP contribution in [-0.2, 0) is 11.3 Å². The van der Waals surface area contributed by atoms with Crippen molar-refractivity contribution in [3.8, 4) is 11.5 Å². The molecular weight excluding hydrogens is 334 g/mol. The highest BCUT2D eigenvalue weighted by atomic mass is 79.9. The number of hydrogen-bond acceptors (Lipinski definition) is 4. The van der Waals surface area contributed by atoms with Gasteiger partial charge in [0, 0.05) is 19.7 Å². The molecule has 0 bridgehead atoms. The Morgan fingerprint density at radius 2 is 2.24 bits per heavy atom. The highest BCUT2D eigenvalue weighted by Gasteiger charge is 2.16. The quantitative estimate of drug-likeness (QED) is 0.810. The van der Waals surface area contributed by atoms with Crippen molar-refractivity contribution in [1.82, 2.24) is 5.32 Å². The number of methoxy groups -OCH3 is 1. The van der Waals surface area contributed by atoms with Crippen molar-refractivity contribution in [1.29, 1.82) is 0 Å². The van der Waals surface area contributed by atoms with Gasteiger partial charge in [-0.05, 0) is 60.3 Å². The molecule has 5 heteroatoms. The predicted molar refractivity (Wildman–Crippen MR) is 87.1 cm³/mol. The maximum absolute atomic E-state index is 5.80. The summed E-state index contributed by atoms with van der Waals surface area (Å²) in [5.41, 5.74) is 1.16. The zero-order chi connectivity index (χ0) is 15.2. The molecule has 2 rings (SSSR count). The molecule has 1 aliphatic rings. The molecule has 0 aromatic heterocycles. The first-order valence-corrected chi connectivity index (χ1v) is 8.25. The van der Waals surface area contributed by atoms with Gasteiger partial charge in [-0.3, -0.25) is 0 Å². The second-order valence-corrected chi connectivity index (χ2v) is 6.40. The number of rotatable bonds is 7. The van der Waals surface area contributed by atoms with Crippen LogP contribution in [0.3, 0.4) is 0 Å². The Morgan fingerprint density at radius 3 is 2.86 bits per heavy atom. The summed E-state index contributed by atoms with van der Waals surface area (Å²) < 4.78 is 17.8. The average molecular weight is 358 g/mol. The van der Waals surface area contributed by atoms with Crippen molar-refractivity contribution < 1.29 is 14.2 Å². The summed E-state index contributed by atoms with van der Waals surface area (Å²) in [6.45, 7) is 6.58. The monoisotopic (exact) mass is 357 g/mol. The van der Waals surface area contributed by atoms with E-state index in [9.17, 15) is 0 Å². The van der Waals surface area contributed by atoms with Crippen LogP contribution in [0.15, 0.2) is 16.6 Å². The van der Waals surface area contributed by atoms with Gasteiger partial charge < -0.3 is 19.5 Å². The minimum absolute atomic E-state index is 0.110. The lowest BCUT2D eigenvalue weighted by atomic mass is 10.2. The zero-order valence-electron chi connectivity index (χ0n) is 12.9. The zero-order valence-corrected chi connectivity index (χ0v) is 14.5. The lowest BCUT2D eigenvalue weighted by Gasteiger charge is -2.17. The number of nitrogens with one attached hydrogen (secondary N) is 1. The van der Waals surface area contributed by atoms with E-state index in [1.807, 2.05) is 19.9 Å². The first-order valence-electron chi connectivity index (χ1n) is 7.45. The molecule has 1 fully saturated rings. The van der Waals surface area contributed by atoms with E-state index in [1.54, 1.807) is 7.11 Å². The van der Waals surface area contributed by atoms with E-state index in [-0.39, 0.29) is 6.10 Å². The van der Waals surface area contributed by atoms with E-state index in [0.29, 0.717) is 6.10 Å². The first kappa shape index (κ1) is 16.6. The van der Waals surface area contributed by atoms with E-state index < -0.39 is 0 Å². The molecule has 0 amide bonds. The van der Waals surface area contributed by atoms with Crippen LogP contribution in [0.25, 0.3) is 0 Å². The lowest BCUT2D eigenvalue weighted by Crippen LogP contribution is -2.25. The number of halogens is 1. The van der Waals surface area contributed by atoms with Crippen molar-refractivity contribution in [2.75, 3.05) is 20.3 Å². The SMILES string of the molecule is COc1cc(CNC[C@@H]2CCCO2)cc(Br)c1OC(C)C. The van der Waals surface area contributed by atoms with Crippen LogP contribution >= 0.6 is 15.9 Å². The smallest absolute Gasteiger partial charge is 0.175 e. The topological polar surface area (TPSA) is 39.7 Å². The Labute approximate surface area is 135 Å². The lowest BCUT2D eigenvalue weighted by molar-refractivity contribution is 0.110. The van der Waals surface area contributed by atoms with Gasteiger partial charge in [0.1, 0.15) is 0 Å². The maximum Gasteiger partial charge on any atom is 0.175 e. The van der Waals surface area contributed by atoms with Crippen molar-refractivity contribution in [2.45, 2.75) is 45.4 Å². The fourth-order valence-electron chi connectivity index (χ4n) is 2.41. The first-order chi connectivity index (χ1) is 10.1. The molecule has 0 spiro atoms. The molecule has 21 heavy (non-hydrogen) atoms. The summed E-state index contributed by atoms with van der Waals surface area (Å²) in [5.74, 6) is 1.52. The van der Waals surface area contributed by atoms with E-state index in [0.717, 1.165) is 47.7 Å². The molecule has 1 atom stereocenters. The number of hydrogen-bond donors (Lipinski definition) is 1. The van der Waals surface area contributed by atoms with Gasteiger partial charge in [0.2, 0.25) is 0 Å². The number of benzene rings is 1. The van der Waals surface area contributed by atoms with Gasteiger partial charge >= 0.3 is 0 Å². The Bertz CT molecular complexity index is 459. The van der Waals surface area contributed by atoms with Crippen LogP contribution < -0.4 is 14.8 Å². The molecule has 1 heterocycles. The summed E-state index contributed by atoms with van der Waals surface area (Å²) >= 11 is 3.57. The van der Waals surface area contributed by atoms with Crippen LogP contribution in [0.5, 0.6) is 11.5 Å². The normalized spacial score (nSPS) is 18.2. The van der Waals surface area contributed by atoms with Gasteiger partial charge in [-0.15, -0.1) is 0 Å². The Hall–Kier alpha value is -0.780. The highest BCUT2D eigenvalue weighted by molar-refractivity contribution is 9.10. The van der Waals surface area contributed by atoms with E-state index in [2.05, 4.69) is 27.3 Å². The maximum atomic E-state index is 5.80. The van der Waals surface area contributed by atoms with Gasteiger partial charge in [0.15, 0.2) is 11.5 Å². The summed E-state index contributed by atoms with van der Waals surface area (Å²) in [4.78, 5) is 0. The van der Waals surface area contributed by atoms with E-state index in [1.165, 1.54) is 6.42 Å². The van der Waals surface area contributed by atoms with Crippen molar-refractivity contribution in [2.24, 2.45) is 0 Å². The van der Waals surface area contributed by atoms with Gasteiger partial charge in [0.25, 0.3) is 0 Å². The molecule has 0 aliphatic carbocycles. The van der Waals surface area contributed by atoms with Crippen LogP contribution in [0, 0.1) is 0 Å². The molecule has 0 radical (unpaired) electrons. The van der Waals surface area contributed by atoms with Crippen LogP contribution in [0.4, 0.5) is 0 Å². The molecule has 1 aromatic rings. The Kier molecular flexibility index (Phi) is 6.33. The third-order valence-electron chi connectivity index (χ3n) is 3.37. The van der Waals surface area contributed by atoms with Crippen LogP contribution in [0.1, 0.15) is 32.3 Å². The largest absolute Gasteiger partial charge is 0.493 e. The molecule has 0 unspecified atom stereocenters. The minimum Gasteiger partial charge on any atom is -0.493 e. The molecular formula is C16H24BrNO3. The van der Waals surface area contributed by atoms with Crippen molar-refractivity contribution in [3.05, 3.63) is 22.2 Å². The minimum atomic E-state index is 0.110. The fourth-order valence-corrected chi connectivity index (χ4v) is 2.99. The Morgan fingerprint density at radius 1 is 1.43 bits per heavy atom. The summed E-state index contributed by atoms with van der Waals surface area (Å²) in [7, 11) is 1.67. The second-order valence-electron chi connectivity index (χ2n) is 5.54. The second kappa shape index (κ2) is 8.01. The molecule has 0 saturated carbocycles. The van der Waals surface area contributed by atoms with Gasteiger partial charge in [0.05, 0.1) is 23.8 Å². The number of ether oxygens (including phenoxy) is 3. The van der Waals surface area contributed by atoms with E-state index >= 15 is 0 Å². The Balaban J connectivity index is 1.97. The third kappa shape index (κ3) is 4.87.